The van der Waals surface area contributed by atoms with Crippen LogP contribution in [0.3, 0.4) is 0 Å². The number of nitrogens with zero attached hydrogens (tertiary/aromatic N) is 2. The molecule has 1 saturated heterocycles. The Hall–Kier alpha value is -2.91. The van der Waals surface area contributed by atoms with Gasteiger partial charge in [-0.3, -0.25) is 9.69 Å². The van der Waals surface area contributed by atoms with E-state index in [9.17, 15) is 13.2 Å². The Bertz CT molecular complexity index is 1260. The molecule has 0 bridgehead atoms. The lowest BCUT2D eigenvalue weighted by atomic mass is 9.96. The van der Waals surface area contributed by atoms with Crippen LogP contribution in [0.25, 0.3) is 0 Å². The topological polar surface area (TPSA) is 78.9 Å². The molecule has 3 aromatic carbocycles. The first-order chi connectivity index (χ1) is 17.8. The second-order valence-electron chi connectivity index (χ2n) is 8.95. The summed E-state index contributed by atoms with van der Waals surface area (Å²) in [5.41, 5.74) is 2.40. The molecule has 0 unspecified atom stereocenters. The normalized spacial score (nSPS) is 15.5. The quantitative estimate of drug-likeness (QED) is 0.436. The largest absolute Gasteiger partial charge is 0.492 e. The molecule has 7 nitrogen and oxygen atoms in total. The van der Waals surface area contributed by atoms with Gasteiger partial charge < -0.3 is 9.64 Å². The van der Waals surface area contributed by atoms with Crippen molar-refractivity contribution in [1.29, 1.82) is 0 Å². The lowest BCUT2D eigenvalue weighted by Crippen LogP contribution is -2.54. The molecule has 0 aromatic heterocycles. The molecule has 3 aromatic rings. The summed E-state index contributed by atoms with van der Waals surface area (Å²) in [6.07, 6.45) is 0. The van der Waals surface area contributed by atoms with Crippen molar-refractivity contribution in [3.63, 3.8) is 0 Å². The Labute approximate surface area is 224 Å². The van der Waals surface area contributed by atoms with Gasteiger partial charge in [0.25, 0.3) is 0 Å². The molecule has 9 heteroatoms. The lowest BCUT2D eigenvalue weighted by Gasteiger charge is -2.40. The minimum atomic E-state index is -3.94. The number of hydrogen-bond donors (Lipinski definition) is 1. The third-order valence-corrected chi connectivity index (χ3v) is 8.27. The SMILES string of the molecule is CCOc1ccc(S(=O)(=O)N[C@@H](C)C(=O)N2CCN(C(c3ccccc3)c3ccccc3)CC2)cc1Cl. The van der Waals surface area contributed by atoms with Crippen LogP contribution >= 0.6 is 11.6 Å². The molecule has 4 rings (SSSR count). The van der Waals surface area contributed by atoms with E-state index in [0.717, 1.165) is 0 Å². The lowest BCUT2D eigenvalue weighted by molar-refractivity contribution is -0.134. The van der Waals surface area contributed by atoms with Crippen LogP contribution in [-0.4, -0.2) is 63.0 Å². The molecule has 196 valence electrons. The van der Waals surface area contributed by atoms with Gasteiger partial charge in [-0.15, -0.1) is 0 Å². The summed E-state index contributed by atoms with van der Waals surface area (Å²) >= 11 is 6.17. The highest BCUT2D eigenvalue weighted by Crippen LogP contribution is 2.30. The minimum Gasteiger partial charge on any atom is -0.492 e. The Morgan fingerprint density at radius 3 is 2.03 bits per heavy atom. The highest BCUT2D eigenvalue weighted by atomic mass is 35.5. The number of ether oxygens (including phenoxy) is 1. The third kappa shape index (κ3) is 6.51. The monoisotopic (exact) mass is 541 g/mol. The average Bonchev–Trinajstić information content (AvgIpc) is 2.91. The highest BCUT2D eigenvalue weighted by molar-refractivity contribution is 7.89. The van der Waals surface area contributed by atoms with E-state index in [1.807, 2.05) is 43.3 Å². The fourth-order valence-electron chi connectivity index (χ4n) is 4.63. The summed E-state index contributed by atoms with van der Waals surface area (Å²) in [7, 11) is -3.94. The van der Waals surface area contributed by atoms with Gasteiger partial charge in [-0.1, -0.05) is 72.3 Å². The molecule has 1 N–H and O–H groups in total. The van der Waals surface area contributed by atoms with Gasteiger partial charge in [0, 0.05) is 26.2 Å². The molecule has 0 aliphatic carbocycles. The summed E-state index contributed by atoms with van der Waals surface area (Å²) in [5, 5.41) is 0.200. The van der Waals surface area contributed by atoms with Crippen LogP contribution in [0.5, 0.6) is 5.75 Å². The Morgan fingerprint density at radius 1 is 0.946 bits per heavy atom. The van der Waals surface area contributed by atoms with E-state index in [0.29, 0.717) is 38.5 Å². The zero-order valence-corrected chi connectivity index (χ0v) is 22.6. The van der Waals surface area contributed by atoms with Crippen molar-refractivity contribution in [2.75, 3.05) is 32.8 Å². The molecule has 1 amide bonds. The maximum absolute atomic E-state index is 13.2. The molecule has 1 fully saturated rings. The number of rotatable bonds is 9. The molecule has 0 radical (unpaired) electrons. The molecule has 1 aliphatic heterocycles. The Kier molecular flexibility index (Phi) is 8.87. The number of carbonyl (C=O) groups is 1. The van der Waals surface area contributed by atoms with Crippen molar-refractivity contribution in [1.82, 2.24) is 14.5 Å². The van der Waals surface area contributed by atoms with Gasteiger partial charge in [0.15, 0.2) is 0 Å². The zero-order chi connectivity index (χ0) is 26.4. The maximum atomic E-state index is 13.2. The van der Waals surface area contributed by atoms with Crippen LogP contribution in [0.1, 0.15) is 31.0 Å². The van der Waals surface area contributed by atoms with Crippen LogP contribution in [0.4, 0.5) is 0 Å². The van der Waals surface area contributed by atoms with Crippen LogP contribution in [-0.2, 0) is 14.8 Å². The minimum absolute atomic E-state index is 0.0148. The van der Waals surface area contributed by atoms with Crippen molar-refractivity contribution in [2.24, 2.45) is 0 Å². The molecule has 1 atom stereocenters. The van der Waals surface area contributed by atoms with E-state index in [-0.39, 0.29) is 21.9 Å². The Morgan fingerprint density at radius 2 is 1.51 bits per heavy atom. The first-order valence-corrected chi connectivity index (χ1v) is 14.2. The summed E-state index contributed by atoms with van der Waals surface area (Å²) < 4.78 is 33.7. The van der Waals surface area contributed by atoms with Crippen molar-refractivity contribution in [2.45, 2.75) is 30.8 Å². The number of amides is 1. The van der Waals surface area contributed by atoms with Gasteiger partial charge in [0.1, 0.15) is 5.75 Å². The van der Waals surface area contributed by atoms with Crippen molar-refractivity contribution < 1.29 is 17.9 Å². The first kappa shape index (κ1) is 27.1. The van der Waals surface area contributed by atoms with Crippen LogP contribution < -0.4 is 9.46 Å². The predicted molar refractivity (Wildman–Crippen MR) is 145 cm³/mol. The number of sulfonamides is 1. The smallest absolute Gasteiger partial charge is 0.241 e. The van der Waals surface area contributed by atoms with E-state index in [2.05, 4.69) is 33.9 Å². The van der Waals surface area contributed by atoms with Crippen LogP contribution in [0.2, 0.25) is 5.02 Å². The Balaban J connectivity index is 1.41. The van der Waals surface area contributed by atoms with E-state index in [1.165, 1.54) is 29.3 Å². The standard InChI is InChI=1S/C28H32ClN3O4S/c1-3-36-26-15-14-24(20-25(26)29)37(34,35)30-21(2)28(33)32-18-16-31(17-19-32)27(22-10-6-4-7-11-22)23-12-8-5-9-13-23/h4-15,20-21,27,30H,3,16-19H2,1-2H3/t21-/m0/s1. The van der Waals surface area contributed by atoms with Crippen LogP contribution in [0, 0.1) is 0 Å². The first-order valence-electron chi connectivity index (χ1n) is 12.4. The van der Waals surface area contributed by atoms with E-state index in [1.54, 1.807) is 11.8 Å². The molecular formula is C28H32ClN3O4S. The van der Waals surface area contributed by atoms with E-state index < -0.39 is 16.1 Å². The summed E-state index contributed by atoms with van der Waals surface area (Å²) in [6.45, 7) is 6.17. The maximum Gasteiger partial charge on any atom is 0.241 e. The second kappa shape index (κ2) is 12.1. The predicted octanol–water partition coefficient (Wildman–Crippen LogP) is 4.34. The number of piperazine rings is 1. The fraction of sp³-hybridized carbons (Fsp3) is 0.321. The summed E-state index contributed by atoms with van der Waals surface area (Å²) in [5.74, 6) is 0.158. The third-order valence-electron chi connectivity index (χ3n) is 6.44. The summed E-state index contributed by atoms with van der Waals surface area (Å²) in [6, 6.07) is 24.1. The van der Waals surface area contributed by atoms with Gasteiger partial charge >= 0.3 is 0 Å². The number of halogens is 1. The highest BCUT2D eigenvalue weighted by Gasteiger charge is 2.31. The fourth-order valence-corrected chi connectivity index (χ4v) is 6.15. The molecule has 37 heavy (non-hydrogen) atoms. The van der Waals surface area contributed by atoms with Gasteiger partial charge in [-0.25, -0.2) is 8.42 Å². The van der Waals surface area contributed by atoms with E-state index >= 15 is 0 Å². The average molecular weight is 542 g/mol. The molecule has 1 heterocycles. The number of carbonyl (C=O) groups excluding carboxylic acids is 1. The van der Waals surface area contributed by atoms with Crippen molar-refractivity contribution in [3.05, 3.63) is 95.0 Å². The number of hydrogen-bond acceptors (Lipinski definition) is 5. The van der Waals surface area contributed by atoms with E-state index in [4.69, 9.17) is 16.3 Å². The summed E-state index contributed by atoms with van der Waals surface area (Å²) in [4.78, 5) is 17.2. The molecule has 0 saturated carbocycles. The van der Waals surface area contributed by atoms with Crippen LogP contribution in [0.15, 0.2) is 83.8 Å². The van der Waals surface area contributed by atoms with Gasteiger partial charge in [-0.05, 0) is 43.2 Å². The van der Waals surface area contributed by atoms with Crippen molar-refractivity contribution >= 4 is 27.5 Å². The number of benzene rings is 3. The molecule has 0 spiro atoms. The van der Waals surface area contributed by atoms with Gasteiger partial charge in [0.05, 0.1) is 28.6 Å². The molecular weight excluding hydrogens is 510 g/mol. The molecule has 1 aliphatic rings. The second-order valence-corrected chi connectivity index (χ2v) is 11.1. The van der Waals surface area contributed by atoms with Crippen molar-refractivity contribution in [3.8, 4) is 5.75 Å². The van der Waals surface area contributed by atoms with Gasteiger partial charge in [0.2, 0.25) is 15.9 Å². The van der Waals surface area contributed by atoms with Gasteiger partial charge in [-0.2, -0.15) is 4.72 Å². The number of nitrogens with one attached hydrogen (secondary N) is 1. The zero-order valence-electron chi connectivity index (χ0n) is 21.0.